The number of ether oxygens (including phenoxy) is 1. The average Bonchev–Trinajstić information content (AvgIpc) is 2.44. The van der Waals surface area contributed by atoms with Crippen LogP contribution in [0.3, 0.4) is 0 Å². The summed E-state index contributed by atoms with van der Waals surface area (Å²) < 4.78 is 10.2. The highest BCUT2D eigenvalue weighted by Gasteiger charge is 2.24. The van der Waals surface area contributed by atoms with Gasteiger partial charge < -0.3 is 24.8 Å². The molecule has 2 unspecified atom stereocenters. The minimum absolute atomic E-state index is 0.359. The largest absolute Gasteiger partial charge is 0.480 e. The van der Waals surface area contributed by atoms with E-state index in [1.54, 1.807) is 32.9 Å². The second kappa shape index (κ2) is 8.32. The maximum Gasteiger partial charge on any atom is 0.407 e. The summed E-state index contributed by atoms with van der Waals surface area (Å²) in [6.45, 7) is 4.82. The van der Waals surface area contributed by atoms with E-state index in [0.717, 1.165) is 5.56 Å². The minimum Gasteiger partial charge on any atom is -0.480 e. The van der Waals surface area contributed by atoms with Crippen LogP contribution in [0.4, 0.5) is 4.79 Å². The Balaban J connectivity index is 2.73. The van der Waals surface area contributed by atoms with Crippen LogP contribution in [-0.4, -0.2) is 40.7 Å². The highest BCUT2D eigenvalue weighted by atomic mass is 31.0. The van der Waals surface area contributed by atoms with Gasteiger partial charge in [0.1, 0.15) is 11.4 Å². The summed E-state index contributed by atoms with van der Waals surface area (Å²) in [5.41, 5.74) is 0.260. The highest BCUT2D eigenvalue weighted by molar-refractivity contribution is 7.10. The molecule has 124 valence electrons. The molecule has 3 atom stereocenters. The molecular formula is C15H24NO5P. The van der Waals surface area contributed by atoms with Gasteiger partial charge in [-0.15, -0.1) is 0 Å². The lowest BCUT2D eigenvalue weighted by Gasteiger charge is -2.26. The van der Waals surface area contributed by atoms with Gasteiger partial charge in [-0.25, -0.2) is 4.79 Å². The monoisotopic (exact) mass is 329 g/mol. The summed E-state index contributed by atoms with van der Waals surface area (Å²) in [5.74, 6) is 0.688. The number of carbonyl (C=O) groups excluding carboxylic acids is 1. The van der Waals surface area contributed by atoms with Crippen LogP contribution < -0.4 is 9.84 Å². The Morgan fingerprint density at radius 1 is 1.32 bits per heavy atom. The number of aliphatic hydroxyl groups excluding tert-OH is 2. The van der Waals surface area contributed by atoms with E-state index >= 15 is 0 Å². The molecule has 0 radical (unpaired) electrons. The summed E-state index contributed by atoms with van der Waals surface area (Å²) in [6, 6.07) is 6.55. The van der Waals surface area contributed by atoms with Gasteiger partial charge in [0, 0.05) is 0 Å². The summed E-state index contributed by atoms with van der Waals surface area (Å²) >= 11 is 0. The predicted octanol–water partition coefficient (Wildman–Crippen LogP) is 1.64. The molecule has 3 N–H and O–H groups in total. The number of benzene rings is 1. The van der Waals surface area contributed by atoms with Crippen molar-refractivity contribution in [1.29, 1.82) is 0 Å². The van der Waals surface area contributed by atoms with Crippen molar-refractivity contribution in [2.24, 2.45) is 0 Å². The molecular weight excluding hydrogens is 305 g/mol. The van der Waals surface area contributed by atoms with Crippen molar-refractivity contribution in [3.8, 4) is 5.75 Å². The molecule has 1 aromatic rings. The minimum atomic E-state index is -1.08. The Bertz CT molecular complexity index is 472. The first kappa shape index (κ1) is 18.7. The van der Waals surface area contributed by atoms with Gasteiger partial charge in [0.25, 0.3) is 0 Å². The van der Waals surface area contributed by atoms with E-state index < -0.39 is 30.4 Å². The SMILES string of the molecule is CC(C)(C)OC(=O)N[C@H](Cc1ccc(OP)cc1)C(O)CO. The predicted molar refractivity (Wildman–Crippen MR) is 86.7 cm³/mol. The number of aliphatic hydroxyl groups is 2. The molecule has 6 nitrogen and oxygen atoms in total. The number of amides is 1. The van der Waals surface area contributed by atoms with Crippen LogP contribution in [0.15, 0.2) is 24.3 Å². The second-order valence-electron chi connectivity index (χ2n) is 5.97. The Morgan fingerprint density at radius 2 is 1.91 bits per heavy atom. The van der Waals surface area contributed by atoms with Crippen molar-refractivity contribution in [2.75, 3.05) is 6.61 Å². The van der Waals surface area contributed by atoms with Crippen LogP contribution >= 0.6 is 9.47 Å². The van der Waals surface area contributed by atoms with Crippen LogP contribution in [0.5, 0.6) is 5.75 Å². The molecule has 0 aliphatic carbocycles. The van der Waals surface area contributed by atoms with Gasteiger partial charge in [0.2, 0.25) is 0 Å². The number of rotatable bonds is 6. The van der Waals surface area contributed by atoms with Crippen LogP contribution in [0.1, 0.15) is 26.3 Å². The smallest absolute Gasteiger partial charge is 0.407 e. The molecule has 0 saturated carbocycles. The zero-order valence-electron chi connectivity index (χ0n) is 13.1. The molecule has 0 aliphatic heterocycles. The van der Waals surface area contributed by atoms with Crippen molar-refractivity contribution in [1.82, 2.24) is 5.32 Å². The third-order valence-corrected chi connectivity index (χ3v) is 3.14. The zero-order valence-corrected chi connectivity index (χ0v) is 14.2. The fourth-order valence-electron chi connectivity index (χ4n) is 1.83. The molecule has 0 bridgehead atoms. The molecule has 7 heteroatoms. The Labute approximate surface area is 133 Å². The van der Waals surface area contributed by atoms with Gasteiger partial charge in [-0.05, 0) is 44.9 Å². The van der Waals surface area contributed by atoms with Crippen molar-refractivity contribution in [2.45, 2.75) is 44.9 Å². The topological polar surface area (TPSA) is 88.0 Å². The van der Waals surface area contributed by atoms with Gasteiger partial charge in [-0.1, -0.05) is 12.1 Å². The van der Waals surface area contributed by atoms with E-state index in [0.29, 0.717) is 12.2 Å². The fraction of sp³-hybridized carbons (Fsp3) is 0.533. The Hall–Kier alpha value is -1.36. The molecule has 0 fully saturated rings. The van der Waals surface area contributed by atoms with Crippen LogP contribution in [0, 0.1) is 0 Å². The van der Waals surface area contributed by atoms with E-state index in [2.05, 4.69) is 14.8 Å². The molecule has 1 rings (SSSR count). The van der Waals surface area contributed by atoms with Crippen molar-refractivity contribution < 1.29 is 24.3 Å². The quantitative estimate of drug-likeness (QED) is 0.691. The first-order valence-electron chi connectivity index (χ1n) is 6.99. The number of hydrogen-bond donors (Lipinski definition) is 3. The van der Waals surface area contributed by atoms with Crippen LogP contribution in [0.2, 0.25) is 0 Å². The van der Waals surface area contributed by atoms with Crippen LogP contribution in [-0.2, 0) is 11.2 Å². The second-order valence-corrected chi connectivity index (χ2v) is 6.20. The first-order valence-corrected chi connectivity index (χ1v) is 7.46. The van der Waals surface area contributed by atoms with Crippen molar-refractivity contribution >= 4 is 15.6 Å². The molecule has 22 heavy (non-hydrogen) atoms. The van der Waals surface area contributed by atoms with Gasteiger partial charge in [-0.3, -0.25) is 0 Å². The van der Waals surface area contributed by atoms with E-state index in [1.807, 2.05) is 12.1 Å². The molecule has 1 amide bonds. The number of nitrogens with one attached hydrogen (secondary N) is 1. The number of alkyl carbamates (subject to hydrolysis) is 1. The number of carbonyl (C=O) groups is 1. The number of hydrogen-bond acceptors (Lipinski definition) is 5. The van der Waals surface area contributed by atoms with Gasteiger partial charge in [0.15, 0.2) is 0 Å². The fourth-order valence-corrected chi connectivity index (χ4v) is 1.98. The highest BCUT2D eigenvalue weighted by Crippen LogP contribution is 2.16. The molecule has 0 aliphatic rings. The maximum absolute atomic E-state index is 11.8. The third kappa shape index (κ3) is 6.60. The zero-order chi connectivity index (χ0) is 16.8. The summed E-state index contributed by atoms with van der Waals surface area (Å²) in [4.78, 5) is 11.8. The normalized spacial score (nSPS) is 14.1. The summed E-state index contributed by atoms with van der Waals surface area (Å²) in [6.07, 6.45) is -1.35. The molecule has 0 aromatic heterocycles. The van der Waals surface area contributed by atoms with E-state index in [-0.39, 0.29) is 0 Å². The Kier molecular flexibility index (Phi) is 7.07. The lowest BCUT2D eigenvalue weighted by Crippen LogP contribution is -2.48. The lowest BCUT2D eigenvalue weighted by molar-refractivity contribution is 0.0320. The molecule has 0 heterocycles. The standard InChI is InChI=1S/C15H24NO5P/c1-15(2,3)20-14(19)16-12(13(18)9-17)8-10-4-6-11(21-22)7-5-10/h4-7,12-13,17-18H,8-9,22H2,1-3H3,(H,16,19)/t12-,13?/m1/s1. The van der Waals surface area contributed by atoms with E-state index in [9.17, 15) is 9.90 Å². The van der Waals surface area contributed by atoms with E-state index in [1.165, 1.54) is 0 Å². The summed E-state index contributed by atoms with van der Waals surface area (Å²) in [7, 11) is 2.16. The molecule has 0 spiro atoms. The van der Waals surface area contributed by atoms with Gasteiger partial charge in [-0.2, -0.15) is 0 Å². The van der Waals surface area contributed by atoms with E-state index in [4.69, 9.17) is 14.4 Å². The van der Waals surface area contributed by atoms with Gasteiger partial charge in [0.05, 0.1) is 28.2 Å². The molecule has 0 saturated heterocycles. The van der Waals surface area contributed by atoms with Crippen molar-refractivity contribution in [3.05, 3.63) is 29.8 Å². The first-order chi connectivity index (χ1) is 10.2. The van der Waals surface area contributed by atoms with Crippen molar-refractivity contribution in [3.63, 3.8) is 0 Å². The summed E-state index contributed by atoms with van der Waals surface area (Å²) in [5, 5.41) is 21.6. The third-order valence-electron chi connectivity index (χ3n) is 2.87. The van der Waals surface area contributed by atoms with Gasteiger partial charge >= 0.3 is 6.09 Å². The Morgan fingerprint density at radius 3 is 2.36 bits per heavy atom. The molecule has 1 aromatic carbocycles. The van der Waals surface area contributed by atoms with Crippen LogP contribution in [0.25, 0.3) is 0 Å². The maximum atomic E-state index is 11.8. The average molecular weight is 329 g/mol. The lowest BCUT2D eigenvalue weighted by atomic mass is 10.0.